The van der Waals surface area contributed by atoms with Crippen molar-refractivity contribution < 1.29 is 19.2 Å². The quantitative estimate of drug-likeness (QED) is 0.525. The average Bonchev–Trinajstić information content (AvgIpc) is 2.97. The van der Waals surface area contributed by atoms with Gasteiger partial charge in [0.2, 0.25) is 5.91 Å². The van der Waals surface area contributed by atoms with Crippen molar-refractivity contribution in [1.82, 2.24) is 20.5 Å². The molecule has 2 aromatic rings. The zero-order valence-electron chi connectivity index (χ0n) is 15.2. The second kappa shape index (κ2) is 8.90. The Hall–Kier alpha value is -3.55. The van der Waals surface area contributed by atoms with Crippen LogP contribution in [0.1, 0.15) is 44.0 Å². The number of aromatic nitrogens is 1. The zero-order valence-corrected chi connectivity index (χ0v) is 15.2. The minimum Gasteiger partial charge on any atom is -0.354 e. The van der Waals surface area contributed by atoms with E-state index in [1.807, 2.05) is 0 Å². The van der Waals surface area contributed by atoms with Crippen LogP contribution in [0, 0.1) is 0 Å². The summed E-state index contributed by atoms with van der Waals surface area (Å²) in [6.07, 6.45) is 2.09. The Morgan fingerprint density at radius 3 is 2.18 bits per heavy atom. The van der Waals surface area contributed by atoms with Crippen molar-refractivity contribution in [3.8, 4) is 0 Å². The van der Waals surface area contributed by atoms with Gasteiger partial charge in [0.1, 0.15) is 5.69 Å². The molecule has 1 aliphatic heterocycles. The second-order valence-electron chi connectivity index (χ2n) is 6.23. The number of rotatable bonds is 8. The first-order valence-corrected chi connectivity index (χ1v) is 8.99. The van der Waals surface area contributed by atoms with Crippen molar-refractivity contribution in [1.29, 1.82) is 0 Å². The van der Waals surface area contributed by atoms with Crippen LogP contribution in [-0.4, -0.2) is 53.1 Å². The SMILES string of the molecule is O=C(CCCN1C(=O)c2ccccc2C1=O)NCCNC(=O)c1ccccn1. The average molecular weight is 380 g/mol. The lowest BCUT2D eigenvalue weighted by atomic mass is 10.1. The number of hydrogen-bond acceptors (Lipinski definition) is 5. The molecule has 0 unspecified atom stereocenters. The summed E-state index contributed by atoms with van der Waals surface area (Å²) >= 11 is 0. The first-order chi connectivity index (χ1) is 13.6. The van der Waals surface area contributed by atoms with Crippen LogP contribution in [0.15, 0.2) is 48.7 Å². The Morgan fingerprint density at radius 1 is 0.893 bits per heavy atom. The van der Waals surface area contributed by atoms with Gasteiger partial charge in [0.05, 0.1) is 11.1 Å². The lowest BCUT2D eigenvalue weighted by Gasteiger charge is -2.13. The summed E-state index contributed by atoms with van der Waals surface area (Å²) in [7, 11) is 0. The Kier molecular flexibility index (Phi) is 6.11. The molecule has 2 heterocycles. The molecular weight excluding hydrogens is 360 g/mol. The molecule has 3 rings (SSSR count). The molecule has 2 N–H and O–H groups in total. The molecule has 0 fully saturated rings. The highest BCUT2D eigenvalue weighted by atomic mass is 16.2. The number of amides is 4. The monoisotopic (exact) mass is 380 g/mol. The number of nitrogens with zero attached hydrogens (tertiary/aromatic N) is 2. The molecule has 8 heteroatoms. The Bertz CT molecular complexity index is 863. The zero-order chi connectivity index (χ0) is 19.9. The third-order valence-corrected chi connectivity index (χ3v) is 4.29. The maximum atomic E-state index is 12.2. The van der Waals surface area contributed by atoms with Crippen molar-refractivity contribution in [3.05, 3.63) is 65.5 Å². The first kappa shape index (κ1) is 19.2. The van der Waals surface area contributed by atoms with Crippen molar-refractivity contribution >= 4 is 23.6 Å². The van der Waals surface area contributed by atoms with Gasteiger partial charge in [-0.25, -0.2) is 0 Å². The van der Waals surface area contributed by atoms with Crippen LogP contribution in [-0.2, 0) is 4.79 Å². The van der Waals surface area contributed by atoms with E-state index < -0.39 is 0 Å². The van der Waals surface area contributed by atoms with Crippen molar-refractivity contribution in [2.24, 2.45) is 0 Å². The Morgan fingerprint density at radius 2 is 1.54 bits per heavy atom. The largest absolute Gasteiger partial charge is 0.354 e. The van der Waals surface area contributed by atoms with E-state index in [0.717, 1.165) is 0 Å². The molecule has 0 aliphatic carbocycles. The van der Waals surface area contributed by atoms with E-state index in [0.29, 0.717) is 23.2 Å². The number of imide groups is 1. The Balaban J connectivity index is 1.34. The van der Waals surface area contributed by atoms with Gasteiger partial charge in [-0.1, -0.05) is 18.2 Å². The van der Waals surface area contributed by atoms with Gasteiger partial charge >= 0.3 is 0 Å². The number of pyridine rings is 1. The number of nitrogens with one attached hydrogen (secondary N) is 2. The van der Waals surface area contributed by atoms with Gasteiger partial charge in [-0.3, -0.25) is 29.1 Å². The van der Waals surface area contributed by atoms with E-state index >= 15 is 0 Å². The van der Waals surface area contributed by atoms with Crippen LogP contribution in [0.3, 0.4) is 0 Å². The standard InChI is InChI=1S/C20H20N4O4/c25-17(22-11-12-23-18(26)16-8-3-4-10-21-16)9-5-13-24-19(27)14-6-1-2-7-15(14)20(24)28/h1-4,6-8,10H,5,9,11-13H2,(H,22,25)(H,23,26). The van der Waals surface area contributed by atoms with Gasteiger partial charge < -0.3 is 10.6 Å². The predicted octanol–water partition coefficient (Wildman–Crippen LogP) is 1.00. The molecule has 1 aliphatic rings. The fourth-order valence-corrected chi connectivity index (χ4v) is 2.89. The van der Waals surface area contributed by atoms with E-state index in [4.69, 9.17) is 0 Å². The molecule has 1 aromatic carbocycles. The van der Waals surface area contributed by atoms with Crippen molar-refractivity contribution in [3.63, 3.8) is 0 Å². The summed E-state index contributed by atoms with van der Waals surface area (Å²) in [5.74, 6) is -1.15. The maximum Gasteiger partial charge on any atom is 0.269 e. The fraction of sp³-hybridized carbons (Fsp3) is 0.250. The van der Waals surface area contributed by atoms with Crippen molar-refractivity contribution in [2.75, 3.05) is 19.6 Å². The van der Waals surface area contributed by atoms with Gasteiger partial charge in [0, 0.05) is 32.3 Å². The highest BCUT2D eigenvalue weighted by Crippen LogP contribution is 2.22. The van der Waals surface area contributed by atoms with Crippen LogP contribution >= 0.6 is 0 Å². The summed E-state index contributed by atoms with van der Waals surface area (Å²) in [4.78, 5) is 53.3. The van der Waals surface area contributed by atoms with E-state index in [9.17, 15) is 19.2 Å². The first-order valence-electron chi connectivity index (χ1n) is 8.99. The molecule has 0 saturated heterocycles. The molecule has 0 saturated carbocycles. The van der Waals surface area contributed by atoms with E-state index in [1.165, 1.54) is 11.1 Å². The van der Waals surface area contributed by atoms with E-state index in [2.05, 4.69) is 15.6 Å². The third kappa shape index (κ3) is 4.40. The topological polar surface area (TPSA) is 108 Å². The lowest BCUT2D eigenvalue weighted by molar-refractivity contribution is -0.121. The summed E-state index contributed by atoms with van der Waals surface area (Å²) in [5.41, 5.74) is 1.12. The molecule has 0 atom stereocenters. The minimum atomic E-state index is -0.321. The second-order valence-corrected chi connectivity index (χ2v) is 6.23. The molecule has 8 nitrogen and oxygen atoms in total. The highest BCUT2D eigenvalue weighted by Gasteiger charge is 2.34. The van der Waals surface area contributed by atoms with E-state index in [-0.39, 0.29) is 49.7 Å². The molecule has 4 amide bonds. The number of carbonyl (C=O) groups excluding carboxylic acids is 4. The number of fused-ring (bicyclic) bond motifs is 1. The number of hydrogen-bond donors (Lipinski definition) is 2. The summed E-state index contributed by atoms with van der Waals surface area (Å²) in [6.45, 7) is 0.750. The lowest BCUT2D eigenvalue weighted by Crippen LogP contribution is -2.35. The van der Waals surface area contributed by atoms with Crippen LogP contribution in [0.4, 0.5) is 0 Å². The van der Waals surface area contributed by atoms with E-state index in [1.54, 1.807) is 42.5 Å². The van der Waals surface area contributed by atoms with Gasteiger partial charge in [-0.15, -0.1) is 0 Å². The Labute approximate surface area is 161 Å². The van der Waals surface area contributed by atoms with Gasteiger partial charge in [-0.05, 0) is 30.7 Å². The minimum absolute atomic E-state index is 0.182. The molecular formula is C20H20N4O4. The number of carbonyl (C=O) groups is 4. The summed E-state index contributed by atoms with van der Waals surface area (Å²) in [5, 5.41) is 5.36. The molecule has 144 valence electrons. The third-order valence-electron chi connectivity index (χ3n) is 4.29. The van der Waals surface area contributed by atoms with Gasteiger partial charge in [0.25, 0.3) is 17.7 Å². The van der Waals surface area contributed by atoms with Crippen molar-refractivity contribution in [2.45, 2.75) is 12.8 Å². The van der Waals surface area contributed by atoms with Crippen LogP contribution < -0.4 is 10.6 Å². The van der Waals surface area contributed by atoms with Crippen LogP contribution in [0.5, 0.6) is 0 Å². The molecule has 0 spiro atoms. The normalized spacial score (nSPS) is 12.6. The van der Waals surface area contributed by atoms with Crippen LogP contribution in [0.2, 0.25) is 0 Å². The molecule has 28 heavy (non-hydrogen) atoms. The van der Waals surface area contributed by atoms with Gasteiger partial charge in [0.15, 0.2) is 0 Å². The summed E-state index contributed by atoms with van der Waals surface area (Å²) < 4.78 is 0. The number of benzene rings is 1. The van der Waals surface area contributed by atoms with Gasteiger partial charge in [-0.2, -0.15) is 0 Å². The van der Waals surface area contributed by atoms with Crippen LogP contribution in [0.25, 0.3) is 0 Å². The fourth-order valence-electron chi connectivity index (χ4n) is 2.89. The molecule has 1 aromatic heterocycles. The molecule has 0 bridgehead atoms. The summed E-state index contributed by atoms with van der Waals surface area (Å²) in [6, 6.07) is 11.7. The predicted molar refractivity (Wildman–Crippen MR) is 101 cm³/mol. The highest BCUT2D eigenvalue weighted by molar-refractivity contribution is 6.21. The smallest absolute Gasteiger partial charge is 0.269 e. The maximum absolute atomic E-state index is 12.2. The molecule has 0 radical (unpaired) electrons.